The molecule has 45 heavy (non-hydrogen) atoms. The molecule has 5 rings (SSSR count). The van der Waals surface area contributed by atoms with E-state index < -0.39 is 35.3 Å². The van der Waals surface area contributed by atoms with Gasteiger partial charge in [-0.25, -0.2) is 4.79 Å². The summed E-state index contributed by atoms with van der Waals surface area (Å²) in [5, 5.41) is 11.2. The maximum atomic E-state index is 12.8. The normalized spacial score (nSPS) is 18.8. The Morgan fingerprint density at radius 3 is 1.98 bits per heavy atom. The van der Waals surface area contributed by atoms with Crippen LogP contribution in [-0.4, -0.2) is 47.7 Å². The molecule has 1 aliphatic heterocycles. The second-order valence-electron chi connectivity index (χ2n) is 12.2. The van der Waals surface area contributed by atoms with Crippen LogP contribution in [0.3, 0.4) is 0 Å². The summed E-state index contributed by atoms with van der Waals surface area (Å²) in [6, 6.07) is 25.2. The zero-order valence-corrected chi connectivity index (χ0v) is 26.2. The monoisotopic (exact) mass is 612 g/mol. The molecule has 1 unspecified atom stereocenters. The molecule has 0 radical (unpaired) electrons. The van der Waals surface area contributed by atoms with E-state index in [0.717, 1.165) is 16.7 Å². The van der Waals surface area contributed by atoms with Gasteiger partial charge in [0, 0.05) is 12.6 Å². The fourth-order valence-corrected chi connectivity index (χ4v) is 5.49. The second kappa shape index (κ2) is 13.3. The zero-order chi connectivity index (χ0) is 32.2. The molecule has 1 aliphatic rings. The number of hydrogen-bond donors (Lipinski definition) is 2. The minimum absolute atomic E-state index is 0.000489. The lowest BCUT2D eigenvalue weighted by atomic mass is 9.80. The molecule has 3 atom stereocenters. The summed E-state index contributed by atoms with van der Waals surface area (Å²) in [5.74, 6) is 1.41. The van der Waals surface area contributed by atoms with Gasteiger partial charge in [0.1, 0.15) is 29.4 Å². The minimum atomic E-state index is -1.10. The van der Waals surface area contributed by atoms with E-state index >= 15 is 0 Å². The molecule has 1 fully saturated rings. The number of benzene rings is 3. The highest BCUT2D eigenvalue weighted by molar-refractivity contribution is 5.50. The van der Waals surface area contributed by atoms with Crippen molar-refractivity contribution in [1.29, 1.82) is 0 Å². The Morgan fingerprint density at radius 1 is 0.889 bits per heavy atom. The Balaban J connectivity index is 1.50. The quantitative estimate of drug-likeness (QED) is 0.235. The van der Waals surface area contributed by atoms with Crippen LogP contribution in [0.5, 0.6) is 11.5 Å². The molecular formula is C36H40N2O7. The zero-order valence-electron chi connectivity index (χ0n) is 26.2. The van der Waals surface area contributed by atoms with Crippen molar-refractivity contribution >= 4 is 6.08 Å². The van der Waals surface area contributed by atoms with Gasteiger partial charge >= 0.3 is 5.69 Å². The third-order valence-electron chi connectivity index (χ3n) is 7.91. The predicted molar refractivity (Wildman–Crippen MR) is 173 cm³/mol. The highest BCUT2D eigenvalue weighted by Crippen LogP contribution is 2.42. The molecule has 0 saturated carbocycles. The van der Waals surface area contributed by atoms with E-state index in [2.05, 4.69) is 4.98 Å². The summed E-state index contributed by atoms with van der Waals surface area (Å²) in [6.07, 6.45) is 2.73. The molecule has 0 bridgehead atoms. The molecule has 2 heterocycles. The number of rotatable bonds is 10. The van der Waals surface area contributed by atoms with E-state index in [0.29, 0.717) is 17.1 Å². The van der Waals surface area contributed by atoms with E-state index in [-0.39, 0.29) is 18.4 Å². The van der Waals surface area contributed by atoms with E-state index in [1.165, 1.54) is 10.8 Å². The summed E-state index contributed by atoms with van der Waals surface area (Å²) in [6.45, 7) is 6.05. The summed E-state index contributed by atoms with van der Waals surface area (Å²) in [7, 11) is 3.23. The van der Waals surface area contributed by atoms with Crippen molar-refractivity contribution in [2.75, 3.05) is 20.8 Å². The fourth-order valence-electron chi connectivity index (χ4n) is 5.49. The second-order valence-corrected chi connectivity index (χ2v) is 12.2. The average Bonchev–Trinajstić information content (AvgIpc) is 3.41. The van der Waals surface area contributed by atoms with Crippen LogP contribution in [0.4, 0.5) is 0 Å². The number of nitrogens with one attached hydrogen (secondary N) is 1. The van der Waals surface area contributed by atoms with E-state index in [1.54, 1.807) is 20.3 Å². The number of methoxy groups -OCH3 is 2. The van der Waals surface area contributed by atoms with Crippen molar-refractivity contribution in [2.45, 2.75) is 51.2 Å². The average molecular weight is 613 g/mol. The molecule has 0 aliphatic carbocycles. The molecule has 9 heteroatoms. The molecule has 1 saturated heterocycles. The van der Waals surface area contributed by atoms with Crippen LogP contribution in [0.15, 0.2) is 101 Å². The van der Waals surface area contributed by atoms with Crippen molar-refractivity contribution in [1.82, 2.24) is 9.55 Å². The molecule has 9 nitrogen and oxygen atoms in total. The lowest BCUT2D eigenvalue weighted by Crippen LogP contribution is -2.38. The Morgan fingerprint density at radius 2 is 1.44 bits per heavy atom. The Labute approximate surface area is 262 Å². The molecule has 3 aromatic carbocycles. The predicted octanol–water partition coefficient (Wildman–Crippen LogP) is 5.27. The molecule has 2 N–H and O–H groups in total. The van der Waals surface area contributed by atoms with Crippen molar-refractivity contribution in [3.63, 3.8) is 0 Å². The van der Waals surface area contributed by atoms with Gasteiger partial charge in [-0.2, -0.15) is 0 Å². The van der Waals surface area contributed by atoms with Crippen LogP contribution in [-0.2, 0) is 15.1 Å². The van der Waals surface area contributed by atoms with Crippen LogP contribution in [0, 0.1) is 5.41 Å². The molecule has 0 spiro atoms. The number of aliphatic hydroxyl groups excluding tert-OH is 1. The molecule has 0 amide bonds. The van der Waals surface area contributed by atoms with Gasteiger partial charge < -0.3 is 24.1 Å². The van der Waals surface area contributed by atoms with Crippen molar-refractivity contribution < 1.29 is 24.1 Å². The first-order valence-corrected chi connectivity index (χ1v) is 14.9. The summed E-state index contributed by atoms with van der Waals surface area (Å²) < 4.78 is 25.3. The summed E-state index contributed by atoms with van der Waals surface area (Å²) >= 11 is 0. The summed E-state index contributed by atoms with van der Waals surface area (Å²) in [4.78, 5) is 27.7. The third-order valence-corrected chi connectivity index (χ3v) is 7.91. The Kier molecular flexibility index (Phi) is 9.43. The van der Waals surface area contributed by atoms with Gasteiger partial charge in [0.25, 0.3) is 5.56 Å². The third kappa shape index (κ3) is 6.96. The van der Waals surface area contributed by atoms with Crippen LogP contribution >= 0.6 is 0 Å². The number of ether oxygens (including phenoxy) is 4. The van der Waals surface area contributed by atoms with Crippen molar-refractivity contribution in [3.05, 3.63) is 134 Å². The van der Waals surface area contributed by atoms with Gasteiger partial charge in [-0.05, 0) is 46.4 Å². The van der Waals surface area contributed by atoms with Gasteiger partial charge in [-0.15, -0.1) is 0 Å². The molecule has 1 aromatic heterocycles. The highest BCUT2D eigenvalue weighted by atomic mass is 16.6. The van der Waals surface area contributed by atoms with Gasteiger partial charge in [-0.3, -0.25) is 14.3 Å². The number of hydrogen-bond acceptors (Lipinski definition) is 7. The number of nitrogens with zero attached hydrogens (tertiary/aromatic N) is 1. The minimum Gasteiger partial charge on any atom is -0.497 e. The number of H-pyrrole nitrogens is 1. The van der Waals surface area contributed by atoms with Crippen LogP contribution < -0.4 is 20.7 Å². The van der Waals surface area contributed by atoms with Crippen LogP contribution in [0.1, 0.15) is 55.7 Å². The first-order chi connectivity index (χ1) is 21.5. The lowest BCUT2D eigenvalue weighted by molar-refractivity contribution is -0.0944. The highest BCUT2D eigenvalue weighted by Gasteiger charge is 2.42. The smallest absolute Gasteiger partial charge is 0.330 e. The largest absolute Gasteiger partial charge is 0.497 e. The SMILES string of the molecule is COc1ccc(C(OC[C@@H]2O[C@H](n3cc(C=CC(C)(C)C)c(=O)[nH]c3=O)CC2O)(c2ccccc2)c2ccc(OC)cc2)cc1. The maximum Gasteiger partial charge on any atom is 0.330 e. The lowest BCUT2D eigenvalue weighted by Gasteiger charge is -2.37. The number of aromatic nitrogens is 2. The maximum absolute atomic E-state index is 12.8. The van der Waals surface area contributed by atoms with E-state index in [9.17, 15) is 14.7 Å². The summed E-state index contributed by atoms with van der Waals surface area (Å²) in [5.41, 5.74) is 0.534. The van der Waals surface area contributed by atoms with Gasteiger partial charge in [0.15, 0.2) is 0 Å². The molecule has 4 aromatic rings. The molecule has 236 valence electrons. The number of aliphatic hydroxyl groups is 1. The fraction of sp³-hybridized carbons (Fsp3) is 0.333. The Hall–Kier alpha value is -4.44. The van der Waals surface area contributed by atoms with Gasteiger partial charge in [-0.1, -0.05) is 87.5 Å². The molecular weight excluding hydrogens is 572 g/mol. The number of allylic oxidation sites excluding steroid dienone is 1. The van der Waals surface area contributed by atoms with Gasteiger partial charge in [0.05, 0.1) is 32.5 Å². The topological polar surface area (TPSA) is 112 Å². The van der Waals surface area contributed by atoms with Crippen molar-refractivity contribution in [3.8, 4) is 11.5 Å². The Bertz CT molecular complexity index is 1670. The van der Waals surface area contributed by atoms with Crippen LogP contribution in [0.25, 0.3) is 6.08 Å². The standard InChI is InChI=1S/C36H40N2O7/c1-35(2,3)20-19-24-22-38(34(41)37-33(24)40)32-21-30(39)31(45-32)23-44-36(25-9-7-6-8-10-25,26-11-15-28(42-4)16-12-26)27-13-17-29(43-5)18-14-27/h6-20,22,30-32,39H,21,23H2,1-5H3,(H,37,40,41)/t30?,31-,32-/m0/s1. The van der Waals surface area contributed by atoms with Crippen LogP contribution in [0.2, 0.25) is 0 Å². The number of aromatic amines is 1. The first kappa shape index (κ1) is 32.0. The van der Waals surface area contributed by atoms with E-state index in [1.807, 2.05) is 106 Å². The van der Waals surface area contributed by atoms with Crippen molar-refractivity contribution in [2.24, 2.45) is 5.41 Å². The first-order valence-electron chi connectivity index (χ1n) is 14.9. The van der Waals surface area contributed by atoms with E-state index in [4.69, 9.17) is 18.9 Å². The van der Waals surface area contributed by atoms with Gasteiger partial charge in [0.2, 0.25) is 0 Å².